The number of esters is 3. The highest BCUT2D eigenvalue weighted by Crippen LogP contribution is 2.16. The maximum atomic E-state index is 12.8. The van der Waals surface area contributed by atoms with E-state index >= 15 is 0 Å². The Balaban J connectivity index is 4.35. The number of rotatable bonds is 51. The van der Waals surface area contributed by atoms with Gasteiger partial charge in [0.05, 0.1) is 0 Å². The lowest BCUT2D eigenvalue weighted by Crippen LogP contribution is -2.30. The van der Waals surface area contributed by atoms with Crippen molar-refractivity contribution >= 4 is 17.9 Å². The second-order valence-corrected chi connectivity index (χ2v) is 18.9. The number of carbonyl (C=O) groups is 3. The highest BCUT2D eigenvalue weighted by molar-refractivity contribution is 5.71. The molecule has 0 aromatic heterocycles. The zero-order valence-corrected chi connectivity index (χ0v) is 43.3. The van der Waals surface area contributed by atoms with Gasteiger partial charge in [0.15, 0.2) is 6.10 Å². The van der Waals surface area contributed by atoms with Gasteiger partial charge in [-0.05, 0) is 64.2 Å². The molecule has 0 spiro atoms. The fourth-order valence-electron chi connectivity index (χ4n) is 8.06. The molecule has 1 unspecified atom stereocenters. The summed E-state index contributed by atoms with van der Waals surface area (Å²) in [5.74, 6) is -0.917. The summed E-state index contributed by atoms with van der Waals surface area (Å²) in [5.41, 5.74) is 0. The van der Waals surface area contributed by atoms with Crippen molar-refractivity contribution in [3.05, 3.63) is 48.6 Å². The Morgan fingerprint density at radius 1 is 0.308 bits per heavy atom. The van der Waals surface area contributed by atoms with Crippen LogP contribution < -0.4 is 0 Å². The molecule has 0 heterocycles. The second-order valence-electron chi connectivity index (χ2n) is 18.9. The summed E-state index contributed by atoms with van der Waals surface area (Å²) in [6, 6.07) is 0. The lowest BCUT2D eigenvalue weighted by molar-refractivity contribution is -0.167. The van der Waals surface area contributed by atoms with Crippen molar-refractivity contribution in [2.75, 3.05) is 13.2 Å². The molecule has 0 rings (SSSR count). The van der Waals surface area contributed by atoms with E-state index in [1.165, 1.54) is 161 Å². The van der Waals surface area contributed by atoms with Crippen molar-refractivity contribution in [3.8, 4) is 0 Å². The van der Waals surface area contributed by atoms with Crippen LogP contribution in [0.3, 0.4) is 0 Å². The largest absolute Gasteiger partial charge is 0.462 e. The average Bonchev–Trinajstić information content (AvgIpc) is 3.30. The smallest absolute Gasteiger partial charge is 0.306 e. The fraction of sp³-hybridized carbons (Fsp3) is 0.814. The van der Waals surface area contributed by atoms with Crippen LogP contribution in [0.15, 0.2) is 48.6 Å². The Kier molecular flexibility index (Phi) is 51.8. The summed E-state index contributed by atoms with van der Waals surface area (Å²) in [5, 5.41) is 0. The molecule has 0 aliphatic heterocycles. The van der Waals surface area contributed by atoms with Crippen LogP contribution in [0.4, 0.5) is 0 Å². The van der Waals surface area contributed by atoms with Gasteiger partial charge >= 0.3 is 17.9 Å². The van der Waals surface area contributed by atoms with Crippen LogP contribution in [0.2, 0.25) is 0 Å². The van der Waals surface area contributed by atoms with E-state index in [0.717, 1.165) is 89.9 Å². The van der Waals surface area contributed by atoms with E-state index in [4.69, 9.17) is 14.2 Å². The number of ether oxygens (including phenoxy) is 3. The van der Waals surface area contributed by atoms with Gasteiger partial charge < -0.3 is 14.2 Å². The van der Waals surface area contributed by atoms with Gasteiger partial charge in [-0.2, -0.15) is 0 Å². The molecular formula is C59H106O6. The van der Waals surface area contributed by atoms with Crippen LogP contribution in [-0.2, 0) is 28.6 Å². The van der Waals surface area contributed by atoms with Gasteiger partial charge in [0.25, 0.3) is 0 Å². The molecule has 378 valence electrons. The van der Waals surface area contributed by atoms with Crippen LogP contribution in [0.25, 0.3) is 0 Å². The predicted molar refractivity (Wildman–Crippen MR) is 279 cm³/mol. The molecular weight excluding hydrogens is 805 g/mol. The summed E-state index contributed by atoms with van der Waals surface area (Å²) in [7, 11) is 0. The highest BCUT2D eigenvalue weighted by atomic mass is 16.6. The molecule has 0 aromatic rings. The third kappa shape index (κ3) is 52.2. The van der Waals surface area contributed by atoms with Crippen molar-refractivity contribution in [3.63, 3.8) is 0 Å². The average molecular weight is 911 g/mol. The Labute approximate surface area is 403 Å². The standard InChI is InChI=1S/C59H106O6/c1-4-7-10-13-16-19-22-24-26-28-30-32-34-37-40-43-46-49-52-58(61)64-55-56(54-63-57(60)51-48-45-42-39-36-21-18-15-12-9-6-3)65-59(62)53-50-47-44-41-38-35-33-31-29-27-25-23-20-17-14-11-8-5-2/h15,18,21,26,28,30,32,36,56H,4-14,16-17,19-20,22-25,27,29,31,33-35,37-55H2,1-3H3/b18-15-,28-26-,32-30-,36-21-. The highest BCUT2D eigenvalue weighted by Gasteiger charge is 2.19. The second kappa shape index (κ2) is 54.0. The van der Waals surface area contributed by atoms with Gasteiger partial charge in [0.2, 0.25) is 0 Å². The van der Waals surface area contributed by atoms with Gasteiger partial charge in [0, 0.05) is 19.3 Å². The Morgan fingerprint density at radius 2 is 0.554 bits per heavy atom. The Hall–Kier alpha value is -2.63. The molecule has 1 atom stereocenters. The SMILES string of the molecule is CCCC/C=C\C=C/CCCCCC(=O)OCC(COC(=O)CCCCCCC/C=C\C=C/CCCCCCCCC)OC(=O)CCCCCCCCCCCCCCCCCCCC. The minimum Gasteiger partial charge on any atom is -0.462 e. The Bertz CT molecular complexity index is 1140. The van der Waals surface area contributed by atoms with E-state index in [0.29, 0.717) is 19.3 Å². The molecule has 0 aliphatic rings. The number of carbonyl (C=O) groups excluding carboxylic acids is 3. The first-order valence-corrected chi connectivity index (χ1v) is 28.2. The molecule has 6 nitrogen and oxygen atoms in total. The normalized spacial score (nSPS) is 12.4. The van der Waals surface area contributed by atoms with Crippen LogP contribution in [0.1, 0.15) is 290 Å². The third-order valence-electron chi connectivity index (χ3n) is 12.4. The monoisotopic (exact) mass is 911 g/mol. The Morgan fingerprint density at radius 3 is 0.877 bits per heavy atom. The van der Waals surface area contributed by atoms with Crippen LogP contribution >= 0.6 is 0 Å². The molecule has 0 saturated heterocycles. The van der Waals surface area contributed by atoms with Gasteiger partial charge in [-0.1, -0.05) is 256 Å². The molecule has 0 aliphatic carbocycles. The molecule has 0 fully saturated rings. The number of unbranched alkanes of at least 4 members (excludes halogenated alkanes) is 34. The molecule has 0 radical (unpaired) electrons. The zero-order chi connectivity index (χ0) is 47.2. The van der Waals surface area contributed by atoms with Crippen LogP contribution in [0.5, 0.6) is 0 Å². The van der Waals surface area contributed by atoms with E-state index in [1.807, 2.05) is 0 Å². The first kappa shape index (κ1) is 62.4. The van der Waals surface area contributed by atoms with Crippen molar-refractivity contribution in [1.82, 2.24) is 0 Å². The summed E-state index contributed by atoms with van der Waals surface area (Å²) >= 11 is 0. The van der Waals surface area contributed by atoms with Gasteiger partial charge in [-0.3, -0.25) is 14.4 Å². The first-order valence-electron chi connectivity index (χ1n) is 28.2. The van der Waals surface area contributed by atoms with Crippen molar-refractivity contribution in [2.24, 2.45) is 0 Å². The lowest BCUT2D eigenvalue weighted by atomic mass is 10.0. The molecule has 0 N–H and O–H groups in total. The molecule has 0 aromatic carbocycles. The van der Waals surface area contributed by atoms with Gasteiger partial charge in [0.1, 0.15) is 13.2 Å². The molecule has 0 bridgehead atoms. The number of hydrogen-bond donors (Lipinski definition) is 0. The summed E-state index contributed by atoms with van der Waals surface area (Å²) in [6.07, 6.45) is 65.3. The van der Waals surface area contributed by atoms with E-state index < -0.39 is 6.10 Å². The first-order chi connectivity index (χ1) is 32.0. The topological polar surface area (TPSA) is 78.9 Å². The van der Waals surface area contributed by atoms with Crippen LogP contribution in [0, 0.1) is 0 Å². The third-order valence-corrected chi connectivity index (χ3v) is 12.4. The van der Waals surface area contributed by atoms with Gasteiger partial charge in [-0.15, -0.1) is 0 Å². The van der Waals surface area contributed by atoms with Gasteiger partial charge in [-0.25, -0.2) is 0 Å². The summed E-state index contributed by atoms with van der Waals surface area (Å²) in [6.45, 7) is 6.58. The molecule has 0 saturated carbocycles. The van der Waals surface area contributed by atoms with Crippen LogP contribution in [-0.4, -0.2) is 37.2 Å². The maximum absolute atomic E-state index is 12.8. The summed E-state index contributed by atoms with van der Waals surface area (Å²) in [4.78, 5) is 38.0. The quantitative estimate of drug-likeness (QED) is 0.0262. The van der Waals surface area contributed by atoms with Crippen molar-refractivity contribution in [1.29, 1.82) is 0 Å². The van der Waals surface area contributed by atoms with E-state index in [-0.39, 0.29) is 31.1 Å². The fourth-order valence-corrected chi connectivity index (χ4v) is 8.06. The minimum absolute atomic E-state index is 0.0873. The van der Waals surface area contributed by atoms with Crippen molar-refractivity contribution in [2.45, 2.75) is 297 Å². The minimum atomic E-state index is -0.787. The molecule has 0 amide bonds. The van der Waals surface area contributed by atoms with Crippen molar-refractivity contribution < 1.29 is 28.6 Å². The predicted octanol–water partition coefficient (Wildman–Crippen LogP) is 18.7. The molecule has 65 heavy (non-hydrogen) atoms. The lowest BCUT2D eigenvalue weighted by Gasteiger charge is -2.18. The van der Waals surface area contributed by atoms with E-state index in [9.17, 15) is 14.4 Å². The number of hydrogen-bond acceptors (Lipinski definition) is 6. The van der Waals surface area contributed by atoms with E-state index in [2.05, 4.69) is 69.4 Å². The zero-order valence-electron chi connectivity index (χ0n) is 43.3. The van der Waals surface area contributed by atoms with E-state index in [1.54, 1.807) is 0 Å². The number of allylic oxidation sites excluding steroid dienone is 8. The maximum Gasteiger partial charge on any atom is 0.306 e. The molecule has 6 heteroatoms. The summed E-state index contributed by atoms with van der Waals surface area (Å²) < 4.78 is 16.8.